The van der Waals surface area contributed by atoms with E-state index in [4.69, 9.17) is 5.73 Å². The first-order valence-electron chi connectivity index (χ1n) is 4.58. The van der Waals surface area contributed by atoms with Crippen LogP contribution in [0.1, 0.15) is 42.9 Å². The second-order valence-corrected chi connectivity index (χ2v) is 4.33. The molecule has 1 aliphatic carbocycles. The van der Waals surface area contributed by atoms with Crippen LogP contribution in [0.3, 0.4) is 0 Å². The van der Waals surface area contributed by atoms with E-state index in [0.29, 0.717) is 5.82 Å². The lowest BCUT2D eigenvalue weighted by atomic mass is 9.88. The van der Waals surface area contributed by atoms with Gasteiger partial charge in [0.2, 0.25) is 0 Å². The summed E-state index contributed by atoms with van der Waals surface area (Å²) in [5.41, 5.74) is 5.58. The van der Waals surface area contributed by atoms with Gasteiger partial charge in [0, 0.05) is 4.88 Å². The Morgan fingerprint density at radius 1 is 1.33 bits per heavy atom. The van der Waals surface area contributed by atoms with Gasteiger partial charge in [-0.1, -0.05) is 19.3 Å². The molecule has 3 heteroatoms. The zero-order chi connectivity index (χ0) is 8.39. The highest BCUT2D eigenvalue weighted by atomic mass is 32.1. The number of anilines is 1. The summed E-state index contributed by atoms with van der Waals surface area (Å²) in [6.45, 7) is 0. The summed E-state index contributed by atoms with van der Waals surface area (Å²) in [6.07, 6.45) is 6.83. The molecule has 1 aromatic rings. The molecule has 1 aromatic heterocycles. The third-order valence-electron chi connectivity index (χ3n) is 2.55. The van der Waals surface area contributed by atoms with Gasteiger partial charge < -0.3 is 5.73 Å². The average Bonchev–Trinajstić information content (AvgIpc) is 2.54. The van der Waals surface area contributed by atoms with Crippen molar-refractivity contribution in [3.8, 4) is 0 Å². The number of aromatic nitrogens is 1. The van der Waals surface area contributed by atoms with E-state index in [1.165, 1.54) is 37.0 Å². The first kappa shape index (κ1) is 8.05. The monoisotopic (exact) mass is 182 g/mol. The largest absolute Gasteiger partial charge is 0.383 e. The fourth-order valence-corrected chi connectivity index (χ4v) is 2.71. The third-order valence-corrected chi connectivity index (χ3v) is 3.52. The smallest absolute Gasteiger partial charge is 0.137 e. The molecule has 0 aliphatic heterocycles. The molecule has 0 bridgehead atoms. The fourth-order valence-electron chi connectivity index (χ4n) is 1.88. The number of nitrogens with two attached hydrogens (primary N) is 1. The number of nitrogen functional groups attached to an aromatic ring is 1. The highest BCUT2D eigenvalue weighted by Gasteiger charge is 2.17. The van der Waals surface area contributed by atoms with Gasteiger partial charge in [0.05, 0.1) is 0 Å². The van der Waals surface area contributed by atoms with Crippen molar-refractivity contribution < 1.29 is 0 Å². The third kappa shape index (κ3) is 1.61. The Morgan fingerprint density at radius 3 is 2.67 bits per heavy atom. The second kappa shape index (κ2) is 3.44. The predicted molar refractivity (Wildman–Crippen MR) is 52.4 cm³/mol. The molecule has 1 fully saturated rings. The Morgan fingerprint density at radius 2 is 2.08 bits per heavy atom. The molecule has 0 saturated heterocycles. The fraction of sp³-hybridized carbons (Fsp3) is 0.667. The van der Waals surface area contributed by atoms with Crippen molar-refractivity contribution in [2.45, 2.75) is 38.0 Å². The van der Waals surface area contributed by atoms with Gasteiger partial charge in [0.15, 0.2) is 0 Å². The molecular formula is C9H14N2S. The number of rotatable bonds is 1. The predicted octanol–water partition coefficient (Wildman–Crippen LogP) is 2.77. The second-order valence-electron chi connectivity index (χ2n) is 3.49. The van der Waals surface area contributed by atoms with Crippen LogP contribution in [0.4, 0.5) is 5.82 Å². The molecule has 0 radical (unpaired) electrons. The number of nitrogens with zero attached hydrogens (tertiary/aromatic N) is 1. The van der Waals surface area contributed by atoms with Crippen LogP contribution in [0.25, 0.3) is 0 Å². The Bertz CT molecular complexity index is 251. The van der Waals surface area contributed by atoms with Crippen molar-refractivity contribution in [3.63, 3.8) is 0 Å². The summed E-state index contributed by atoms with van der Waals surface area (Å²) in [7, 11) is 0. The van der Waals surface area contributed by atoms with E-state index in [1.807, 2.05) is 6.07 Å². The molecule has 0 amide bonds. The molecule has 0 aromatic carbocycles. The Hall–Kier alpha value is -0.570. The molecule has 1 aliphatic rings. The Kier molecular flexibility index (Phi) is 2.30. The Balaban J connectivity index is 2.08. The van der Waals surface area contributed by atoms with Crippen molar-refractivity contribution in [1.82, 2.24) is 4.37 Å². The van der Waals surface area contributed by atoms with E-state index in [9.17, 15) is 0 Å². The van der Waals surface area contributed by atoms with E-state index in [0.717, 1.165) is 5.92 Å². The van der Waals surface area contributed by atoms with E-state index < -0.39 is 0 Å². The topological polar surface area (TPSA) is 38.9 Å². The highest BCUT2D eigenvalue weighted by molar-refractivity contribution is 7.06. The molecule has 1 saturated carbocycles. The maximum Gasteiger partial charge on any atom is 0.137 e. The van der Waals surface area contributed by atoms with Gasteiger partial charge in [-0.05, 0) is 36.4 Å². The molecule has 2 nitrogen and oxygen atoms in total. The molecular weight excluding hydrogens is 168 g/mol. The van der Waals surface area contributed by atoms with Gasteiger partial charge >= 0.3 is 0 Å². The minimum absolute atomic E-state index is 0.695. The lowest BCUT2D eigenvalue weighted by Gasteiger charge is -2.19. The highest BCUT2D eigenvalue weighted by Crippen LogP contribution is 2.35. The van der Waals surface area contributed by atoms with Gasteiger partial charge in [-0.3, -0.25) is 0 Å². The zero-order valence-electron chi connectivity index (χ0n) is 7.12. The van der Waals surface area contributed by atoms with E-state index in [-0.39, 0.29) is 0 Å². The number of hydrogen-bond acceptors (Lipinski definition) is 3. The molecule has 0 atom stereocenters. The summed E-state index contributed by atoms with van der Waals surface area (Å²) in [5, 5.41) is 0. The minimum Gasteiger partial charge on any atom is -0.383 e. The van der Waals surface area contributed by atoms with Crippen molar-refractivity contribution >= 4 is 17.4 Å². The maximum absolute atomic E-state index is 5.58. The van der Waals surface area contributed by atoms with Crippen LogP contribution in [0.15, 0.2) is 6.07 Å². The van der Waals surface area contributed by atoms with Crippen LogP contribution in [-0.4, -0.2) is 4.37 Å². The van der Waals surface area contributed by atoms with Crippen molar-refractivity contribution in [3.05, 3.63) is 10.9 Å². The van der Waals surface area contributed by atoms with Crippen LogP contribution in [0.2, 0.25) is 0 Å². The number of hydrogen-bond donors (Lipinski definition) is 1. The van der Waals surface area contributed by atoms with Gasteiger partial charge in [0.1, 0.15) is 5.82 Å². The van der Waals surface area contributed by atoms with Crippen LogP contribution in [-0.2, 0) is 0 Å². The van der Waals surface area contributed by atoms with E-state index in [1.54, 1.807) is 11.5 Å². The molecule has 2 rings (SSSR count). The quantitative estimate of drug-likeness (QED) is 0.725. The minimum atomic E-state index is 0.695. The summed E-state index contributed by atoms with van der Waals surface area (Å²) < 4.78 is 4.11. The molecule has 0 spiro atoms. The van der Waals surface area contributed by atoms with Crippen molar-refractivity contribution in [1.29, 1.82) is 0 Å². The van der Waals surface area contributed by atoms with Gasteiger partial charge in [0.25, 0.3) is 0 Å². The summed E-state index contributed by atoms with van der Waals surface area (Å²) >= 11 is 1.58. The van der Waals surface area contributed by atoms with E-state index in [2.05, 4.69) is 4.37 Å². The average molecular weight is 182 g/mol. The van der Waals surface area contributed by atoms with Gasteiger partial charge in [-0.2, -0.15) is 4.37 Å². The zero-order valence-corrected chi connectivity index (χ0v) is 7.94. The first-order chi connectivity index (χ1) is 5.86. The van der Waals surface area contributed by atoms with Crippen molar-refractivity contribution in [2.24, 2.45) is 0 Å². The van der Waals surface area contributed by atoms with Crippen LogP contribution < -0.4 is 5.73 Å². The van der Waals surface area contributed by atoms with Crippen LogP contribution in [0.5, 0.6) is 0 Å². The maximum atomic E-state index is 5.58. The lowest BCUT2D eigenvalue weighted by molar-refractivity contribution is 0.448. The molecule has 12 heavy (non-hydrogen) atoms. The van der Waals surface area contributed by atoms with Gasteiger partial charge in [-0.25, -0.2) is 0 Å². The molecule has 1 heterocycles. The summed E-state index contributed by atoms with van der Waals surface area (Å²) in [5.74, 6) is 1.45. The Labute approximate surface area is 77.0 Å². The van der Waals surface area contributed by atoms with Crippen LogP contribution in [0, 0.1) is 0 Å². The van der Waals surface area contributed by atoms with E-state index >= 15 is 0 Å². The molecule has 2 N–H and O–H groups in total. The first-order valence-corrected chi connectivity index (χ1v) is 5.35. The van der Waals surface area contributed by atoms with Crippen molar-refractivity contribution in [2.75, 3.05) is 5.73 Å². The van der Waals surface area contributed by atoms with Crippen LogP contribution >= 0.6 is 11.5 Å². The molecule has 66 valence electrons. The summed E-state index contributed by atoms with van der Waals surface area (Å²) in [6, 6.07) is 2.04. The standard InChI is InChI=1S/C9H14N2S/c10-9-6-8(12-11-9)7-4-2-1-3-5-7/h6-7H,1-5H2,(H2,10,11). The SMILES string of the molecule is Nc1cc(C2CCCCC2)sn1. The summed E-state index contributed by atoms with van der Waals surface area (Å²) in [4.78, 5) is 1.40. The van der Waals surface area contributed by atoms with Gasteiger partial charge in [-0.15, -0.1) is 0 Å². The lowest BCUT2D eigenvalue weighted by Crippen LogP contribution is -2.02. The normalized spacial score (nSPS) is 19.7. The molecule has 0 unspecified atom stereocenters.